The standard InChI is InChI=1S/C21H21BrFNO3.C9H12ClN/c22-19-8-7-16(23)12-20(19)27-11-1-2-14-3-5-15(6-4-14)17-9-10-24-13-18(17)21(25)26;1-2-11-7-8-5-3-4-6-9(8)10/h3-8,12,24H,1-2,9-11,13H2,(H,25,26);3-6,11H,2,7H2,1H3. The van der Waals surface area contributed by atoms with Gasteiger partial charge >= 0.3 is 5.97 Å². The molecule has 4 rings (SSSR count). The Bertz CT molecular complexity index is 1230. The molecule has 202 valence electrons. The molecule has 0 bridgehead atoms. The Balaban J connectivity index is 0.000000304. The maximum absolute atomic E-state index is 13.2. The van der Waals surface area contributed by atoms with Crippen molar-refractivity contribution >= 4 is 39.1 Å². The van der Waals surface area contributed by atoms with Crippen molar-refractivity contribution in [2.24, 2.45) is 0 Å². The van der Waals surface area contributed by atoms with Crippen LogP contribution in [0.2, 0.25) is 5.02 Å². The third kappa shape index (κ3) is 9.24. The molecule has 38 heavy (non-hydrogen) atoms. The summed E-state index contributed by atoms with van der Waals surface area (Å²) in [6, 6.07) is 20.3. The lowest BCUT2D eigenvalue weighted by Gasteiger charge is -2.19. The second kappa shape index (κ2) is 15.6. The Morgan fingerprint density at radius 1 is 1.16 bits per heavy atom. The quantitative estimate of drug-likeness (QED) is 0.220. The van der Waals surface area contributed by atoms with E-state index < -0.39 is 5.97 Å². The van der Waals surface area contributed by atoms with Gasteiger partial charge in [-0.3, -0.25) is 0 Å². The monoisotopic (exact) mass is 602 g/mol. The molecule has 1 heterocycles. The van der Waals surface area contributed by atoms with E-state index in [4.69, 9.17) is 16.3 Å². The minimum Gasteiger partial charge on any atom is -0.492 e. The van der Waals surface area contributed by atoms with Crippen molar-refractivity contribution in [3.05, 3.63) is 104 Å². The molecule has 0 saturated heterocycles. The third-order valence-electron chi connectivity index (χ3n) is 6.06. The number of halogens is 3. The number of carboxylic acids is 1. The minimum atomic E-state index is -0.859. The molecule has 3 N–H and O–H groups in total. The summed E-state index contributed by atoms with van der Waals surface area (Å²) in [4.78, 5) is 11.4. The van der Waals surface area contributed by atoms with Gasteiger partial charge in [0.2, 0.25) is 0 Å². The molecule has 0 spiro atoms. The molecule has 3 aromatic rings. The summed E-state index contributed by atoms with van der Waals surface area (Å²) in [5, 5.41) is 16.5. The zero-order valence-corrected chi connectivity index (χ0v) is 23.7. The SMILES string of the molecule is CCNCc1ccccc1Cl.O=C(O)C1=C(c2ccc(CCCOc3cc(F)ccc3Br)cc2)CCNC1. The van der Waals surface area contributed by atoms with Gasteiger partial charge in [-0.05, 0) is 88.7 Å². The van der Waals surface area contributed by atoms with Gasteiger partial charge in [0.25, 0.3) is 0 Å². The van der Waals surface area contributed by atoms with Crippen LogP contribution >= 0.6 is 27.5 Å². The first-order chi connectivity index (χ1) is 18.4. The summed E-state index contributed by atoms with van der Waals surface area (Å²) in [5.74, 6) is -0.678. The van der Waals surface area contributed by atoms with Crippen molar-refractivity contribution in [2.75, 3.05) is 26.2 Å². The highest BCUT2D eigenvalue weighted by Crippen LogP contribution is 2.27. The number of hydrogen-bond acceptors (Lipinski definition) is 4. The Morgan fingerprint density at radius 2 is 1.92 bits per heavy atom. The maximum Gasteiger partial charge on any atom is 0.333 e. The number of carboxylic acid groups (broad SMARTS) is 1. The average Bonchev–Trinajstić information content (AvgIpc) is 2.93. The smallest absolute Gasteiger partial charge is 0.333 e. The van der Waals surface area contributed by atoms with Crippen LogP contribution in [0.4, 0.5) is 4.39 Å². The number of rotatable bonds is 10. The van der Waals surface area contributed by atoms with E-state index in [-0.39, 0.29) is 5.82 Å². The third-order valence-corrected chi connectivity index (χ3v) is 7.09. The van der Waals surface area contributed by atoms with E-state index in [2.05, 4.69) is 33.5 Å². The van der Waals surface area contributed by atoms with Gasteiger partial charge < -0.3 is 20.5 Å². The molecule has 5 nitrogen and oxygen atoms in total. The molecular formula is C30H33BrClFN2O3. The van der Waals surface area contributed by atoms with E-state index in [1.54, 1.807) is 6.07 Å². The molecule has 0 unspecified atom stereocenters. The van der Waals surface area contributed by atoms with E-state index in [1.807, 2.05) is 48.5 Å². The van der Waals surface area contributed by atoms with Gasteiger partial charge in [0.05, 0.1) is 16.7 Å². The summed E-state index contributed by atoms with van der Waals surface area (Å²) in [7, 11) is 0. The molecule has 0 aliphatic carbocycles. The topological polar surface area (TPSA) is 70.6 Å². The highest BCUT2D eigenvalue weighted by molar-refractivity contribution is 9.10. The summed E-state index contributed by atoms with van der Waals surface area (Å²) >= 11 is 9.27. The molecule has 0 saturated carbocycles. The maximum atomic E-state index is 13.2. The van der Waals surface area contributed by atoms with Crippen molar-refractivity contribution in [3.63, 3.8) is 0 Å². The number of aliphatic carboxylic acids is 1. The fraction of sp³-hybridized carbons (Fsp3) is 0.300. The van der Waals surface area contributed by atoms with Crippen LogP contribution in [-0.2, 0) is 17.8 Å². The summed E-state index contributed by atoms with van der Waals surface area (Å²) in [6.07, 6.45) is 2.35. The lowest BCUT2D eigenvalue weighted by Crippen LogP contribution is -2.28. The molecular weight excluding hydrogens is 571 g/mol. The number of aryl methyl sites for hydroxylation is 1. The molecule has 0 aromatic heterocycles. The van der Waals surface area contributed by atoms with Crippen LogP contribution in [0.1, 0.15) is 36.5 Å². The fourth-order valence-corrected chi connectivity index (χ4v) is 4.59. The molecule has 8 heteroatoms. The van der Waals surface area contributed by atoms with E-state index in [1.165, 1.54) is 12.1 Å². The van der Waals surface area contributed by atoms with Gasteiger partial charge in [0.15, 0.2) is 0 Å². The van der Waals surface area contributed by atoms with Gasteiger partial charge in [-0.15, -0.1) is 0 Å². The van der Waals surface area contributed by atoms with Crippen LogP contribution in [-0.4, -0.2) is 37.3 Å². The van der Waals surface area contributed by atoms with Crippen LogP contribution < -0.4 is 15.4 Å². The normalized spacial score (nSPS) is 13.1. The summed E-state index contributed by atoms with van der Waals surface area (Å²) in [5.41, 5.74) is 4.65. The van der Waals surface area contributed by atoms with Crippen LogP contribution in [0.25, 0.3) is 5.57 Å². The minimum absolute atomic E-state index is 0.322. The number of ether oxygens (including phenoxy) is 1. The van der Waals surface area contributed by atoms with E-state index >= 15 is 0 Å². The van der Waals surface area contributed by atoms with E-state index in [0.717, 1.165) is 70.7 Å². The van der Waals surface area contributed by atoms with Crippen molar-refractivity contribution in [1.82, 2.24) is 10.6 Å². The summed E-state index contributed by atoms with van der Waals surface area (Å²) < 4.78 is 19.6. The van der Waals surface area contributed by atoms with E-state index in [9.17, 15) is 14.3 Å². The van der Waals surface area contributed by atoms with Crippen molar-refractivity contribution in [3.8, 4) is 5.75 Å². The Labute approximate surface area is 237 Å². The van der Waals surface area contributed by atoms with Gasteiger partial charge in [-0.25, -0.2) is 9.18 Å². The lowest BCUT2D eigenvalue weighted by molar-refractivity contribution is -0.132. The van der Waals surface area contributed by atoms with Gasteiger partial charge in [0.1, 0.15) is 11.6 Å². The number of nitrogens with one attached hydrogen (secondary N) is 2. The van der Waals surface area contributed by atoms with Crippen molar-refractivity contribution < 1.29 is 19.0 Å². The van der Waals surface area contributed by atoms with Crippen LogP contribution in [0.15, 0.2) is 76.8 Å². The largest absolute Gasteiger partial charge is 0.492 e. The van der Waals surface area contributed by atoms with Crippen molar-refractivity contribution in [1.29, 1.82) is 0 Å². The molecule has 0 radical (unpaired) electrons. The van der Waals surface area contributed by atoms with E-state index in [0.29, 0.717) is 24.5 Å². The Morgan fingerprint density at radius 3 is 2.63 bits per heavy atom. The first kappa shape index (κ1) is 29.8. The molecule has 1 aliphatic heterocycles. The number of benzene rings is 3. The van der Waals surface area contributed by atoms with Gasteiger partial charge in [-0.2, -0.15) is 0 Å². The molecule has 0 atom stereocenters. The van der Waals surface area contributed by atoms with Gasteiger partial charge in [0, 0.05) is 24.2 Å². The Kier molecular flexibility index (Phi) is 12.3. The number of carbonyl (C=O) groups is 1. The highest BCUT2D eigenvalue weighted by atomic mass is 79.9. The lowest BCUT2D eigenvalue weighted by atomic mass is 9.93. The molecule has 1 aliphatic rings. The van der Waals surface area contributed by atoms with Gasteiger partial charge in [-0.1, -0.05) is 61.0 Å². The zero-order valence-electron chi connectivity index (χ0n) is 21.4. The second-order valence-corrected chi connectivity index (χ2v) is 10.0. The first-order valence-electron chi connectivity index (χ1n) is 12.7. The molecule has 0 amide bonds. The van der Waals surface area contributed by atoms with Crippen LogP contribution in [0.5, 0.6) is 5.75 Å². The summed E-state index contributed by atoms with van der Waals surface area (Å²) in [6.45, 7) is 5.60. The van der Waals surface area contributed by atoms with Crippen LogP contribution in [0.3, 0.4) is 0 Å². The predicted octanol–water partition coefficient (Wildman–Crippen LogP) is 6.88. The fourth-order valence-electron chi connectivity index (χ4n) is 4.03. The highest BCUT2D eigenvalue weighted by Gasteiger charge is 2.19. The predicted molar refractivity (Wildman–Crippen MR) is 155 cm³/mol. The molecule has 0 fully saturated rings. The number of hydrogen-bond donors (Lipinski definition) is 3. The van der Waals surface area contributed by atoms with Crippen molar-refractivity contribution in [2.45, 2.75) is 32.7 Å². The molecule has 3 aromatic carbocycles. The first-order valence-corrected chi connectivity index (χ1v) is 13.8. The van der Waals surface area contributed by atoms with Crippen LogP contribution in [0, 0.1) is 5.82 Å². The average molecular weight is 604 g/mol. The zero-order chi connectivity index (χ0) is 27.3. The Hall–Kier alpha value is -2.71. The second-order valence-electron chi connectivity index (χ2n) is 8.78.